The van der Waals surface area contributed by atoms with E-state index in [0.717, 1.165) is 60.6 Å². The number of benzene rings is 2. The molecule has 2 aromatic carbocycles. The number of methoxy groups -OCH3 is 1. The highest BCUT2D eigenvalue weighted by atomic mass is 16.5. The summed E-state index contributed by atoms with van der Waals surface area (Å²) in [5.74, 6) is -1.06. The van der Waals surface area contributed by atoms with Gasteiger partial charge in [-0.25, -0.2) is 0 Å². The van der Waals surface area contributed by atoms with Crippen LogP contribution in [0.3, 0.4) is 0 Å². The van der Waals surface area contributed by atoms with Gasteiger partial charge in [0, 0.05) is 31.1 Å². The topological polar surface area (TPSA) is 75.7 Å². The highest BCUT2D eigenvalue weighted by Gasteiger charge is 2.53. The van der Waals surface area contributed by atoms with E-state index in [1.807, 2.05) is 29.2 Å². The molecule has 206 valence electrons. The van der Waals surface area contributed by atoms with Gasteiger partial charge in [0.05, 0.1) is 7.11 Å². The Morgan fingerprint density at radius 3 is 2.64 bits per heavy atom. The van der Waals surface area contributed by atoms with E-state index in [-0.39, 0.29) is 24.2 Å². The Balaban J connectivity index is 1.36. The highest BCUT2D eigenvalue weighted by Crippen LogP contribution is 2.49. The Kier molecular flexibility index (Phi) is 8.49. The van der Waals surface area contributed by atoms with E-state index in [4.69, 9.17) is 4.74 Å². The molecule has 6 heteroatoms. The lowest BCUT2D eigenvalue weighted by Gasteiger charge is -2.46. The number of fused-ring (bicyclic) bond motifs is 2. The molecule has 0 bridgehead atoms. The van der Waals surface area contributed by atoms with E-state index in [2.05, 4.69) is 35.7 Å². The number of piperidine rings is 1. The van der Waals surface area contributed by atoms with Crippen molar-refractivity contribution in [2.45, 2.75) is 77.2 Å². The molecule has 1 heterocycles. The van der Waals surface area contributed by atoms with Crippen LogP contribution in [0.15, 0.2) is 65.9 Å². The zero-order chi connectivity index (χ0) is 27.2. The minimum Gasteiger partial charge on any atom is -0.468 e. The third-order valence-corrected chi connectivity index (χ3v) is 8.79. The van der Waals surface area contributed by atoms with Gasteiger partial charge in [0.15, 0.2) is 0 Å². The Morgan fingerprint density at radius 2 is 1.82 bits per heavy atom. The SMILES string of the molecule is COC(=O)[C@]12CCCCC=C1N(CCC1=CCCCC1)C(=O)[C@H](CC(=O)NCc1cccc3ccccc13)C2. The maximum absolute atomic E-state index is 13.9. The maximum atomic E-state index is 13.9. The average Bonchev–Trinajstić information content (AvgIpc) is 3.19. The molecule has 0 unspecified atom stereocenters. The van der Waals surface area contributed by atoms with Crippen LogP contribution < -0.4 is 5.32 Å². The third-order valence-electron chi connectivity index (χ3n) is 8.79. The summed E-state index contributed by atoms with van der Waals surface area (Å²) in [6.45, 7) is 0.940. The van der Waals surface area contributed by atoms with E-state index in [0.29, 0.717) is 25.9 Å². The summed E-state index contributed by atoms with van der Waals surface area (Å²) in [5, 5.41) is 5.28. The minimum atomic E-state index is -0.874. The number of esters is 1. The number of nitrogens with zero attached hydrogens (tertiary/aromatic N) is 1. The lowest BCUT2D eigenvalue weighted by Crippen LogP contribution is -2.53. The van der Waals surface area contributed by atoms with Crippen molar-refractivity contribution in [3.05, 3.63) is 71.5 Å². The van der Waals surface area contributed by atoms with Crippen molar-refractivity contribution < 1.29 is 19.1 Å². The number of nitrogens with one attached hydrogen (secondary N) is 1. The Labute approximate surface area is 231 Å². The lowest BCUT2D eigenvalue weighted by atomic mass is 9.69. The van der Waals surface area contributed by atoms with Gasteiger partial charge in [0.1, 0.15) is 5.41 Å². The zero-order valence-electron chi connectivity index (χ0n) is 23.0. The molecule has 5 rings (SSSR count). The first-order valence-electron chi connectivity index (χ1n) is 14.5. The van der Waals surface area contributed by atoms with Crippen LogP contribution in [0.1, 0.15) is 76.2 Å². The fraction of sp³-hybridized carbons (Fsp3) is 0.485. The number of carbonyl (C=O) groups excluding carboxylic acids is 3. The normalized spacial score (nSPS) is 23.4. The van der Waals surface area contributed by atoms with Gasteiger partial charge in [0.2, 0.25) is 11.8 Å². The molecule has 2 atom stereocenters. The van der Waals surface area contributed by atoms with E-state index < -0.39 is 11.3 Å². The molecule has 2 aromatic rings. The second-order valence-electron chi connectivity index (χ2n) is 11.3. The van der Waals surface area contributed by atoms with Crippen molar-refractivity contribution in [3.8, 4) is 0 Å². The van der Waals surface area contributed by atoms with Crippen LogP contribution in [0.5, 0.6) is 0 Å². The monoisotopic (exact) mass is 528 g/mol. The van der Waals surface area contributed by atoms with Gasteiger partial charge in [0.25, 0.3) is 0 Å². The first-order valence-corrected chi connectivity index (χ1v) is 14.5. The van der Waals surface area contributed by atoms with E-state index in [1.54, 1.807) is 0 Å². The molecule has 2 amide bonds. The number of amides is 2. The number of hydrogen-bond donors (Lipinski definition) is 1. The van der Waals surface area contributed by atoms with Gasteiger partial charge in [-0.05, 0) is 74.1 Å². The number of allylic oxidation sites excluding steroid dienone is 2. The number of hydrogen-bond acceptors (Lipinski definition) is 4. The number of rotatable bonds is 8. The lowest BCUT2D eigenvalue weighted by molar-refractivity contribution is -0.159. The van der Waals surface area contributed by atoms with Gasteiger partial charge in [-0.15, -0.1) is 0 Å². The van der Waals surface area contributed by atoms with Gasteiger partial charge >= 0.3 is 5.97 Å². The molecule has 2 aliphatic carbocycles. The zero-order valence-corrected chi connectivity index (χ0v) is 23.0. The molecular formula is C33H40N2O4. The molecular weight excluding hydrogens is 488 g/mol. The van der Waals surface area contributed by atoms with Gasteiger partial charge in [-0.1, -0.05) is 66.6 Å². The summed E-state index contributed by atoms with van der Waals surface area (Å²) in [5.41, 5.74) is 2.36. The molecule has 0 spiro atoms. The van der Waals surface area contributed by atoms with Crippen LogP contribution in [-0.4, -0.2) is 36.3 Å². The highest BCUT2D eigenvalue weighted by molar-refractivity contribution is 5.92. The van der Waals surface area contributed by atoms with Crippen LogP contribution in [0, 0.1) is 11.3 Å². The van der Waals surface area contributed by atoms with Crippen LogP contribution in [-0.2, 0) is 25.7 Å². The molecule has 1 fully saturated rings. The van der Waals surface area contributed by atoms with E-state index >= 15 is 0 Å². The minimum absolute atomic E-state index is 0.0422. The van der Waals surface area contributed by atoms with Crippen molar-refractivity contribution >= 4 is 28.6 Å². The summed E-state index contributed by atoms with van der Waals surface area (Å²) < 4.78 is 5.35. The summed E-state index contributed by atoms with van der Waals surface area (Å²) in [4.78, 5) is 42.4. The predicted molar refractivity (Wildman–Crippen MR) is 152 cm³/mol. The van der Waals surface area contributed by atoms with Crippen molar-refractivity contribution in [1.82, 2.24) is 10.2 Å². The average molecular weight is 529 g/mol. The second-order valence-corrected chi connectivity index (χ2v) is 11.3. The van der Waals surface area contributed by atoms with Crippen molar-refractivity contribution in [1.29, 1.82) is 0 Å². The Bertz CT molecular complexity index is 1290. The molecule has 39 heavy (non-hydrogen) atoms. The Morgan fingerprint density at radius 1 is 1.03 bits per heavy atom. The van der Waals surface area contributed by atoms with Crippen molar-refractivity contribution in [3.63, 3.8) is 0 Å². The first kappa shape index (κ1) is 27.2. The molecule has 0 radical (unpaired) electrons. The number of likely N-dealkylation sites (tertiary alicyclic amines) is 1. The largest absolute Gasteiger partial charge is 0.468 e. The van der Waals surface area contributed by atoms with Crippen LogP contribution in [0.2, 0.25) is 0 Å². The second kappa shape index (κ2) is 12.2. The van der Waals surface area contributed by atoms with Crippen LogP contribution in [0.4, 0.5) is 0 Å². The van der Waals surface area contributed by atoms with Crippen LogP contribution >= 0.6 is 0 Å². The van der Waals surface area contributed by atoms with E-state index in [9.17, 15) is 14.4 Å². The predicted octanol–water partition coefficient (Wildman–Crippen LogP) is 6.20. The molecule has 0 aromatic heterocycles. The van der Waals surface area contributed by atoms with Crippen molar-refractivity contribution in [2.24, 2.45) is 11.3 Å². The van der Waals surface area contributed by atoms with Gasteiger partial charge in [-0.2, -0.15) is 0 Å². The molecule has 1 aliphatic heterocycles. The first-order chi connectivity index (χ1) is 19.0. The molecule has 6 nitrogen and oxygen atoms in total. The Hall–Kier alpha value is -3.41. The van der Waals surface area contributed by atoms with Crippen molar-refractivity contribution in [2.75, 3.05) is 13.7 Å². The quantitative estimate of drug-likeness (QED) is 0.327. The third kappa shape index (κ3) is 5.80. The fourth-order valence-electron chi connectivity index (χ4n) is 6.75. The summed E-state index contributed by atoms with van der Waals surface area (Å²) in [6.07, 6.45) is 13.5. The van der Waals surface area contributed by atoms with Gasteiger partial charge in [-0.3, -0.25) is 14.4 Å². The number of carbonyl (C=O) groups is 3. The maximum Gasteiger partial charge on any atom is 0.317 e. The van der Waals surface area contributed by atoms with Crippen LogP contribution in [0.25, 0.3) is 10.8 Å². The van der Waals surface area contributed by atoms with E-state index in [1.165, 1.54) is 25.5 Å². The smallest absolute Gasteiger partial charge is 0.317 e. The fourth-order valence-corrected chi connectivity index (χ4v) is 6.75. The molecule has 3 aliphatic rings. The molecule has 1 N–H and O–H groups in total. The summed E-state index contributed by atoms with van der Waals surface area (Å²) >= 11 is 0. The molecule has 0 saturated carbocycles. The summed E-state index contributed by atoms with van der Waals surface area (Å²) in [6, 6.07) is 14.2. The number of ether oxygens (including phenoxy) is 1. The molecule has 1 saturated heterocycles. The standard InChI is InChI=1S/C33H40N2O4/c1-39-32(38)33-19-9-3-6-17-29(33)35(20-18-24-11-4-2-5-12-24)31(37)27(22-33)21-30(36)34-23-26-15-10-14-25-13-7-8-16-28(25)26/h7-8,10-11,13-17,27H,2-6,9,12,18-23H2,1H3,(H,34,36)/t27-,33+/m1/s1. The van der Waals surface area contributed by atoms with Gasteiger partial charge < -0.3 is 15.0 Å². The summed E-state index contributed by atoms with van der Waals surface area (Å²) in [7, 11) is 1.43.